The van der Waals surface area contributed by atoms with E-state index in [1.165, 1.54) is 7.06 Å². The third-order valence-corrected chi connectivity index (χ3v) is 5.17. The number of amides is 2. The zero-order chi connectivity index (χ0) is 35.6. The molecule has 0 unspecified atom stereocenters. The summed E-state index contributed by atoms with van der Waals surface area (Å²) in [6, 6.07) is -0.440. The van der Waals surface area contributed by atoms with Gasteiger partial charge in [-0.05, 0) is 52.4 Å². The smallest absolute Gasteiger partial charge is 0.407 e. The summed E-state index contributed by atoms with van der Waals surface area (Å²) < 4.78 is 35.0. The Bertz CT molecular complexity index is 872. The van der Waals surface area contributed by atoms with Crippen LogP contribution in [-0.4, -0.2) is 129 Å². The van der Waals surface area contributed by atoms with Crippen molar-refractivity contribution in [1.82, 2.24) is 15.4 Å². The molecular formula is C23H50B9N4O6S. The van der Waals surface area contributed by atoms with Crippen molar-refractivity contribution in [3.63, 3.8) is 0 Å². The van der Waals surface area contributed by atoms with Gasteiger partial charge in [-0.1, -0.05) is 41.5 Å². The minimum absolute atomic E-state index is 0.0638. The second-order valence-electron chi connectivity index (χ2n) is 13.8. The molecule has 0 heterocycles. The van der Waals surface area contributed by atoms with E-state index in [2.05, 4.69) is 38.6 Å². The van der Waals surface area contributed by atoms with Crippen molar-refractivity contribution in [1.29, 1.82) is 0 Å². The lowest BCUT2D eigenvalue weighted by molar-refractivity contribution is 0.0456. The van der Waals surface area contributed by atoms with Gasteiger partial charge in [0.15, 0.2) is 0 Å². The summed E-state index contributed by atoms with van der Waals surface area (Å²) in [5, 5.41) is 5.48. The van der Waals surface area contributed by atoms with Crippen molar-refractivity contribution in [3.8, 4) is 0 Å². The van der Waals surface area contributed by atoms with E-state index in [0.717, 1.165) is 6.26 Å². The number of sulfonamides is 1. The Morgan fingerprint density at radius 1 is 0.767 bits per heavy atom. The Kier molecular flexibility index (Phi) is 24.7. The third-order valence-electron chi connectivity index (χ3n) is 4.48. The van der Waals surface area contributed by atoms with Crippen LogP contribution < -0.4 is 21.1 Å². The highest BCUT2D eigenvalue weighted by molar-refractivity contribution is 7.88. The van der Waals surface area contributed by atoms with Crippen LogP contribution in [0.5, 0.6) is 0 Å². The first kappa shape index (κ1) is 48.9. The predicted octanol–water partition coefficient (Wildman–Crippen LogP) is -0.0677. The van der Waals surface area contributed by atoms with E-state index in [-0.39, 0.29) is 29.5 Å². The normalized spacial score (nSPS) is 13.0. The minimum atomic E-state index is -3.29. The van der Waals surface area contributed by atoms with Gasteiger partial charge < -0.3 is 25.8 Å². The highest BCUT2D eigenvalue weighted by atomic mass is 32.2. The molecule has 0 aromatic rings. The van der Waals surface area contributed by atoms with Crippen LogP contribution in [0, 0.1) is 10.8 Å². The van der Waals surface area contributed by atoms with Crippen LogP contribution >= 0.6 is 0 Å². The van der Waals surface area contributed by atoms with Crippen molar-refractivity contribution in [2.75, 3.05) is 19.3 Å². The zero-order valence-corrected chi connectivity index (χ0v) is 29.5. The molecule has 0 saturated carbocycles. The topological polar surface area (TPSA) is 149 Å². The maximum atomic E-state index is 11.7. The van der Waals surface area contributed by atoms with Crippen LogP contribution in [0.1, 0.15) is 83.1 Å². The largest absolute Gasteiger partial charge is 0.444 e. The molecule has 0 spiro atoms. The molecule has 5 N–H and O–H groups in total. The number of alkyl carbamates (subject to hydrolysis) is 2. The summed E-state index contributed by atoms with van der Waals surface area (Å²) >= 11 is 0. The summed E-state index contributed by atoms with van der Waals surface area (Å²) in [7, 11) is 26.5. The van der Waals surface area contributed by atoms with E-state index >= 15 is 0 Å². The Balaban J connectivity index is -0.000000279. The third kappa shape index (κ3) is 41.0. The number of rotatable bonds is 7. The number of nitrogens with one attached hydrogen (secondary N) is 3. The Morgan fingerprint density at radius 2 is 1.05 bits per heavy atom. The van der Waals surface area contributed by atoms with Gasteiger partial charge in [0.2, 0.25) is 10.0 Å². The number of carbonyl (C=O) groups excluding carboxylic acids is 2. The van der Waals surface area contributed by atoms with Crippen molar-refractivity contribution in [3.05, 3.63) is 0 Å². The standard InChI is InChI=1S/C12H26N2O4S.C11H24N2O2.B5.B4/c1-11(2,3)9(8-13-19(7,16)17)14-10(15)18-12(4,5)6;1-10(2,3)8(7-12)13-9(14)15-11(4,5)6;1-4-5(2)3;1-4(2)3/h9,13H,8H2,1-7H3,(H,14,15);8H,7,12H2,1-6H3,(H,13,14);;/t9-;8-;;/m11../s1. The Morgan fingerprint density at radius 3 is 1.23 bits per heavy atom. The van der Waals surface area contributed by atoms with Gasteiger partial charge in [-0.25, -0.2) is 22.7 Å². The molecule has 20 heteroatoms. The number of ether oxygens (including phenoxy) is 2. The molecule has 0 rings (SSSR count). The lowest BCUT2D eigenvalue weighted by Crippen LogP contribution is -2.51. The van der Waals surface area contributed by atoms with E-state index in [0.29, 0.717) is 6.54 Å². The molecule has 0 aromatic heterocycles. The average Bonchev–Trinajstić information content (AvgIpc) is 2.70. The molecule has 0 aliphatic carbocycles. The lowest BCUT2D eigenvalue weighted by Gasteiger charge is -2.32. The Labute approximate surface area is 273 Å². The monoisotopic (exact) mass is 609 g/mol. The van der Waals surface area contributed by atoms with Crippen molar-refractivity contribution >= 4 is 88.5 Å². The Hall–Kier alpha value is -1.01. The first-order valence-corrected chi connectivity index (χ1v) is 15.6. The molecule has 0 fully saturated rings. The molecule has 0 bridgehead atoms. The van der Waals surface area contributed by atoms with E-state index in [9.17, 15) is 18.0 Å². The molecule has 0 aliphatic rings. The van der Waals surface area contributed by atoms with Gasteiger partial charge >= 0.3 is 12.2 Å². The van der Waals surface area contributed by atoms with Crippen LogP contribution in [0.15, 0.2) is 0 Å². The predicted molar refractivity (Wildman–Crippen MR) is 189 cm³/mol. The maximum absolute atomic E-state index is 11.7. The fourth-order valence-corrected chi connectivity index (χ4v) is 2.81. The van der Waals surface area contributed by atoms with E-state index in [1.54, 1.807) is 20.8 Å². The van der Waals surface area contributed by atoms with Crippen LogP contribution in [-0.2, 0) is 19.5 Å². The van der Waals surface area contributed by atoms with Crippen LogP contribution in [0.4, 0.5) is 9.59 Å². The summed E-state index contributed by atoms with van der Waals surface area (Å²) in [5.41, 5.74) is 4.18. The van der Waals surface area contributed by atoms with Crippen LogP contribution in [0.2, 0.25) is 0 Å². The number of nitrogens with two attached hydrogens (primary N) is 1. The molecule has 0 saturated heterocycles. The van der Waals surface area contributed by atoms with Crippen LogP contribution in [0.25, 0.3) is 0 Å². The molecule has 231 valence electrons. The summed E-state index contributed by atoms with van der Waals surface area (Å²) in [5.74, 6) is 0. The molecule has 10 nitrogen and oxygen atoms in total. The van der Waals surface area contributed by atoms with Gasteiger partial charge in [0, 0.05) is 85.4 Å². The number of carbonyl (C=O) groups is 2. The summed E-state index contributed by atoms with van der Waals surface area (Å²) in [4.78, 5) is 23.2. The molecular weight excluding hydrogens is 558 g/mol. The van der Waals surface area contributed by atoms with Gasteiger partial charge in [-0.3, -0.25) is 0 Å². The molecule has 43 heavy (non-hydrogen) atoms. The lowest BCUT2D eigenvalue weighted by atomic mass is 8.97. The SMILES string of the molecule is CC(C)(C)OC(=O)N[C@H](CN)C(C)(C)C.CC(C)(C)OC(=O)N[C@H](CNS(C)(=O)=O)C(C)(C)C.[B]B([B])[B].[B][B]B([B])[B]. The van der Waals surface area contributed by atoms with E-state index in [4.69, 9.17) is 38.4 Å². The van der Waals surface area contributed by atoms with Gasteiger partial charge in [0.05, 0.1) is 12.3 Å². The molecule has 13 radical (unpaired) electrons. The molecule has 0 aliphatic heterocycles. The zero-order valence-electron chi connectivity index (χ0n) is 28.7. The second kappa shape index (κ2) is 21.7. The highest BCUT2D eigenvalue weighted by Gasteiger charge is 2.29. The second-order valence-corrected chi connectivity index (χ2v) is 15.7. The van der Waals surface area contributed by atoms with Crippen LogP contribution in [0.3, 0.4) is 0 Å². The van der Waals surface area contributed by atoms with Gasteiger partial charge in [0.25, 0.3) is 0 Å². The molecule has 2 amide bonds. The number of hydrogen-bond acceptors (Lipinski definition) is 7. The average molecular weight is 608 g/mol. The fourth-order valence-electron chi connectivity index (χ4n) is 2.34. The molecule has 0 aromatic carbocycles. The highest BCUT2D eigenvalue weighted by Crippen LogP contribution is 2.20. The fraction of sp³-hybridized carbons (Fsp3) is 0.913. The maximum Gasteiger partial charge on any atom is 0.407 e. The number of hydrogen-bond donors (Lipinski definition) is 4. The van der Waals surface area contributed by atoms with Crippen molar-refractivity contribution in [2.45, 2.75) is 106 Å². The van der Waals surface area contributed by atoms with Gasteiger partial charge in [0.1, 0.15) is 11.2 Å². The minimum Gasteiger partial charge on any atom is -0.444 e. The summed E-state index contributed by atoms with van der Waals surface area (Å²) in [6.45, 7) is 23.2. The van der Waals surface area contributed by atoms with E-state index < -0.39 is 46.2 Å². The molecule has 2 atom stereocenters. The summed E-state index contributed by atoms with van der Waals surface area (Å²) in [6.07, 6.45) is -1.01. The van der Waals surface area contributed by atoms with Crippen molar-refractivity contribution < 1.29 is 27.5 Å². The quantitative estimate of drug-likeness (QED) is 0.296. The first-order valence-electron chi connectivity index (χ1n) is 13.7. The van der Waals surface area contributed by atoms with Gasteiger partial charge in [-0.2, -0.15) is 0 Å². The first-order chi connectivity index (χ1) is 18.8. The van der Waals surface area contributed by atoms with Crippen molar-refractivity contribution in [2.24, 2.45) is 16.6 Å². The van der Waals surface area contributed by atoms with E-state index in [1.807, 2.05) is 62.3 Å². The van der Waals surface area contributed by atoms with Gasteiger partial charge in [-0.15, -0.1) is 0 Å².